The van der Waals surface area contributed by atoms with Crippen LogP contribution >= 0.6 is 7.37 Å². The second-order valence-electron chi connectivity index (χ2n) is 2.35. The molecule has 0 aromatic heterocycles. The standard InChI is InChI=1S/C6H13O4P/c1-4-5(6(7)8)11(3,9)10-2/h5H,4H2,1-3H3,(H,7,8). The third-order valence-corrected chi connectivity index (χ3v) is 4.04. The van der Waals surface area contributed by atoms with Crippen LogP contribution in [0.3, 0.4) is 0 Å². The maximum atomic E-state index is 11.4. The summed E-state index contributed by atoms with van der Waals surface area (Å²) in [5, 5.41) is 8.59. The molecule has 0 bridgehead atoms. The van der Waals surface area contributed by atoms with Crippen molar-refractivity contribution < 1.29 is 19.0 Å². The van der Waals surface area contributed by atoms with Crippen molar-refractivity contribution in [3.8, 4) is 0 Å². The Morgan fingerprint density at radius 3 is 2.27 bits per heavy atom. The minimum atomic E-state index is -2.94. The quantitative estimate of drug-likeness (QED) is 0.664. The van der Waals surface area contributed by atoms with Crippen molar-refractivity contribution >= 4 is 13.3 Å². The summed E-state index contributed by atoms with van der Waals surface area (Å²) >= 11 is 0. The number of carboxylic acid groups (broad SMARTS) is 1. The molecule has 0 amide bonds. The topological polar surface area (TPSA) is 63.6 Å². The monoisotopic (exact) mass is 180 g/mol. The van der Waals surface area contributed by atoms with Gasteiger partial charge in [0.25, 0.3) is 0 Å². The van der Waals surface area contributed by atoms with Gasteiger partial charge >= 0.3 is 5.97 Å². The van der Waals surface area contributed by atoms with Gasteiger partial charge in [0.1, 0.15) is 5.66 Å². The lowest BCUT2D eigenvalue weighted by Gasteiger charge is -2.16. The van der Waals surface area contributed by atoms with E-state index in [1.165, 1.54) is 13.8 Å². The average molecular weight is 180 g/mol. The molecule has 1 N–H and O–H groups in total. The first-order valence-corrected chi connectivity index (χ1v) is 5.45. The molecule has 0 aromatic carbocycles. The first-order valence-electron chi connectivity index (χ1n) is 3.31. The molecular weight excluding hydrogens is 167 g/mol. The summed E-state index contributed by atoms with van der Waals surface area (Å²) in [4.78, 5) is 10.5. The first-order chi connectivity index (χ1) is 4.95. The van der Waals surface area contributed by atoms with E-state index in [0.717, 1.165) is 0 Å². The maximum Gasteiger partial charge on any atom is 0.316 e. The van der Waals surface area contributed by atoms with Gasteiger partial charge in [-0.25, -0.2) is 0 Å². The largest absolute Gasteiger partial charge is 0.481 e. The van der Waals surface area contributed by atoms with Gasteiger partial charge in [0.2, 0.25) is 7.37 Å². The number of carbonyl (C=O) groups is 1. The van der Waals surface area contributed by atoms with E-state index >= 15 is 0 Å². The van der Waals surface area contributed by atoms with Crippen LogP contribution < -0.4 is 0 Å². The lowest BCUT2D eigenvalue weighted by Crippen LogP contribution is -2.19. The Hall–Kier alpha value is -0.340. The zero-order valence-electron chi connectivity index (χ0n) is 6.90. The summed E-state index contributed by atoms with van der Waals surface area (Å²) in [6.45, 7) is 3.02. The summed E-state index contributed by atoms with van der Waals surface area (Å²) in [6, 6.07) is 0. The van der Waals surface area contributed by atoms with E-state index < -0.39 is 19.0 Å². The number of hydrogen-bond donors (Lipinski definition) is 1. The summed E-state index contributed by atoms with van der Waals surface area (Å²) in [6.07, 6.45) is 0.330. The Kier molecular flexibility index (Phi) is 3.76. The van der Waals surface area contributed by atoms with E-state index in [0.29, 0.717) is 6.42 Å². The number of aliphatic carboxylic acids is 1. The molecule has 0 aliphatic heterocycles. The molecule has 0 aromatic rings. The molecule has 0 aliphatic carbocycles. The van der Waals surface area contributed by atoms with Crippen LogP contribution in [-0.2, 0) is 13.9 Å². The normalized spacial score (nSPS) is 18.8. The van der Waals surface area contributed by atoms with Crippen molar-refractivity contribution in [1.29, 1.82) is 0 Å². The lowest BCUT2D eigenvalue weighted by atomic mass is 10.3. The fraction of sp³-hybridized carbons (Fsp3) is 0.833. The second kappa shape index (κ2) is 3.88. The molecule has 4 nitrogen and oxygen atoms in total. The van der Waals surface area contributed by atoms with Crippen molar-refractivity contribution in [3.05, 3.63) is 0 Å². The third-order valence-electron chi connectivity index (χ3n) is 1.60. The summed E-state index contributed by atoms with van der Waals surface area (Å²) in [7, 11) is -1.67. The Balaban J connectivity index is 4.50. The van der Waals surface area contributed by atoms with Gasteiger partial charge in [0.15, 0.2) is 0 Å². The summed E-state index contributed by atoms with van der Waals surface area (Å²) in [5.74, 6) is -1.06. The van der Waals surface area contributed by atoms with Crippen LogP contribution in [0.2, 0.25) is 0 Å². The zero-order valence-corrected chi connectivity index (χ0v) is 7.80. The molecule has 2 atom stereocenters. The first kappa shape index (κ1) is 10.7. The smallest absolute Gasteiger partial charge is 0.316 e. The van der Waals surface area contributed by atoms with Crippen LogP contribution in [0.1, 0.15) is 13.3 Å². The highest BCUT2D eigenvalue weighted by atomic mass is 31.2. The molecule has 2 unspecified atom stereocenters. The molecule has 0 rings (SSSR count). The van der Waals surface area contributed by atoms with Crippen LogP contribution in [-0.4, -0.2) is 30.5 Å². The fourth-order valence-electron chi connectivity index (χ4n) is 0.834. The zero-order chi connectivity index (χ0) is 9.07. The van der Waals surface area contributed by atoms with Gasteiger partial charge in [0.05, 0.1) is 0 Å². The Labute approximate surface area is 66.0 Å². The van der Waals surface area contributed by atoms with Gasteiger partial charge in [-0.3, -0.25) is 9.36 Å². The number of carboxylic acids is 1. The van der Waals surface area contributed by atoms with E-state index in [1.54, 1.807) is 6.92 Å². The van der Waals surface area contributed by atoms with E-state index in [1.807, 2.05) is 0 Å². The fourth-order valence-corrected chi connectivity index (χ4v) is 2.15. The highest BCUT2D eigenvalue weighted by Crippen LogP contribution is 2.48. The lowest BCUT2D eigenvalue weighted by molar-refractivity contribution is -0.136. The Morgan fingerprint density at radius 1 is 1.73 bits per heavy atom. The van der Waals surface area contributed by atoms with Gasteiger partial charge in [0, 0.05) is 13.8 Å². The van der Waals surface area contributed by atoms with E-state index in [9.17, 15) is 9.36 Å². The van der Waals surface area contributed by atoms with Crippen LogP contribution in [0.15, 0.2) is 0 Å². The van der Waals surface area contributed by atoms with Crippen molar-refractivity contribution in [2.75, 3.05) is 13.8 Å². The molecule has 0 aliphatic rings. The molecule has 0 heterocycles. The minimum absolute atomic E-state index is 0.330. The van der Waals surface area contributed by atoms with Crippen LogP contribution in [0.4, 0.5) is 0 Å². The number of rotatable bonds is 4. The van der Waals surface area contributed by atoms with E-state index in [4.69, 9.17) is 5.11 Å². The van der Waals surface area contributed by atoms with Crippen LogP contribution in [0, 0.1) is 0 Å². The highest BCUT2D eigenvalue weighted by molar-refractivity contribution is 7.59. The van der Waals surface area contributed by atoms with Crippen molar-refractivity contribution in [2.24, 2.45) is 0 Å². The molecule has 0 radical (unpaired) electrons. The summed E-state index contributed by atoms with van der Waals surface area (Å²) in [5.41, 5.74) is -0.868. The SMILES string of the molecule is CCC(C(=O)O)P(C)(=O)OC. The van der Waals surface area contributed by atoms with Gasteiger partial charge in [-0.15, -0.1) is 0 Å². The van der Waals surface area contributed by atoms with Gasteiger partial charge < -0.3 is 9.63 Å². The van der Waals surface area contributed by atoms with Crippen LogP contribution in [0.5, 0.6) is 0 Å². The van der Waals surface area contributed by atoms with Crippen LogP contribution in [0.25, 0.3) is 0 Å². The number of hydrogen-bond acceptors (Lipinski definition) is 3. The predicted molar refractivity (Wildman–Crippen MR) is 42.3 cm³/mol. The third kappa shape index (κ3) is 2.64. The van der Waals surface area contributed by atoms with Crippen molar-refractivity contribution in [1.82, 2.24) is 0 Å². The summed E-state index contributed by atoms with van der Waals surface area (Å²) < 4.78 is 16.0. The van der Waals surface area contributed by atoms with Gasteiger partial charge in [-0.05, 0) is 6.42 Å². The van der Waals surface area contributed by atoms with Crippen molar-refractivity contribution in [3.63, 3.8) is 0 Å². The average Bonchev–Trinajstić information content (AvgIpc) is 1.88. The molecule has 5 heteroatoms. The van der Waals surface area contributed by atoms with Gasteiger partial charge in [-0.1, -0.05) is 6.92 Å². The van der Waals surface area contributed by atoms with Crippen molar-refractivity contribution in [2.45, 2.75) is 19.0 Å². The van der Waals surface area contributed by atoms with E-state index in [-0.39, 0.29) is 0 Å². The predicted octanol–water partition coefficient (Wildman–Crippen LogP) is 1.40. The molecule has 11 heavy (non-hydrogen) atoms. The molecule has 66 valence electrons. The second-order valence-corrected chi connectivity index (χ2v) is 5.16. The molecular formula is C6H13O4P. The Morgan fingerprint density at radius 2 is 2.18 bits per heavy atom. The molecule has 0 saturated heterocycles. The maximum absolute atomic E-state index is 11.4. The Bertz CT molecular complexity index is 189. The minimum Gasteiger partial charge on any atom is -0.481 e. The molecule has 0 spiro atoms. The molecule has 0 fully saturated rings. The van der Waals surface area contributed by atoms with Gasteiger partial charge in [-0.2, -0.15) is 0 Å². The van der Waals surface area contributed by atoms with E-state index in [2.05, 4.69) is 4.52 Å². The molecule has 0 saturated carbocycles. The highest BCUT2D eigenvalue weighted by Gasteiger charge is 2.32.